The number of hydrogen-bond donors (Lipinski definition) is 0. The molecule has 1 aliphatic rings. The number of ether oxygens (including phenoxy) is 4. The number of nitrogens with zero attached hydrogens (tertiary/aromatic N) is 1. The SMILES string of the molecule is C=C[C@H]1CC(C(=O)OC)(C(=O)OCc2ccccc2)[C@@H](c2cc3ccccc3n2C(=O)OC)O1. The summed E-state index contributed by atoms with van der Waals surface area (Å²) >= 11 is 0. The molecule has 3 atom stereocenters. The van der Waals surface area contributed by atoms with E-state index in [1.165, 1.54) is 24.9 Å². The van der Waals surface area contributed by atoms with Crippen LogP contribution in [0.25, 0.3) is 10.9 Å². The molecule has 4 rings (SSSR count). The Morgan fingerprint density at radius 3 is 2.44 bits per heavy atom. The monoisotopic (exact) mass is 463 g/mol. The topological polar surface area (TPSA) is 93.1 Å². The van der Waals surface area contributed by atoms with Gasteiger partial charge in [0.1, 0.15) is 12.7 Å². The molecule has 0 amide bonds. The van der Waals surface area contributed by atoms with Gasteiger partial charge in [-0.2, -0.15) is 0 Å². The van der Waals surface area contributed by atoms with Crippen molar-refractivity contribution in [3.05, 3.63) is 84.6 Å². The maximum Gasteiger partial charge on any atom is 0.418 e. The van der Waals surface area contributed by atoms with E-state index in [2.05, 4.69) is 6.58 Å². The van der Waals surface area contributed by atoms with Crippen LogP contribution in [0.5, 0.6) is 0 Å². The lowest BCUT2D eigenvalue weighted by Gasteiger charge is -2.29. The zero-order chi connectivity index (χ0) is 24.3. The van der Waals surface area contributed by atoms with E-state index in [-0.39, 0.29) is 18.7 Å². The fourth-order valence-electron chi connectivity index (χ4n) is 4.39. The molecule has 34 heavy (non-hydrogen) atoms. The smallest absolute Gasteiger partial charge is 0.418 e. The molecular formula is C26H25NO7. The van der Waals surface area contributed by atoms with Crippen LogP contribution in [0.3, 0.4) is 0 Å². The van der Waals surface area contributed by atoms with Crippen LogP contribution in [0.4, 0.5) is 4.79 Å². The lowest BCUT2D eigenvalue weighted by Crippen LogP contribution is -2.44. The number of esters is 2. The van der Waals surface area contributed by atoms with E-state index in [0.29, 0.717) is 10.9 Å². The maximum absolute atomic E-state index is 13.6. The van der Waals surface area contributed by atoms with Crippen LogP contribution < -0.4 is 0 Å². The minimum Gasteiger partial charge on any atom is -0.468 e. The van der Waals surface area contributed by atoms with Crippen molar-refractivity contribution in [2.45, 2.75) is 25.2 Å². The molecule has 0 bridgehead atoms. The first-order valence-electron chi connectivity index (χ1n) is 10.7. The van der Waals surface area contributed by atoms with E-state index in [0.717, 1.165) is 5.56 Å². The van der Waals surface area contributed by atoms with Crippen molar-refractivity contribution in [2.24, 2.45) is 5.41 Å². The number of hydrogen-bond acceptors (Lipinski definition) is 7. The zero-order valence-corrected chi connectivity index (χ0v) is 18.9. The highest BCUT2D eigenvalue weighted by atomic mass is 16.6. The van der Waals surface area contributed by atoms with E-state index in [1.54, 1.807) is 18.2 Å². The van der Waals surface area contributed by atoms with Crippen molar-refractivity contribution in [1.82, 2.24) is 4.57 Å². The first-order valence-corrected chi connectivity index (χ1v) is 10.7. The fourth-order valence-corrected chi connectivity index (χ4v) is 4.39. The molecule has 1 aromatic heterocycles. The third kappa shape index (κ3) is 3.86. The maximum atomic E-state index is 13.6. The molecule has 2 aromatic carbocycles. The third-order valence-electron chi connectivity index (χ3n) is 6.04. The highest BCUT2D eigenvalue weighted by Gasteiger charge is 2.62. The highest BCUT2D eigenvalue weighted by Crippen LogP contribution is 2.51. The van der Waals surface area contributed by atoms with Gasteiger partial charge < -0.3 is 18.9 Å². The lowest BCUT2D eigenvalue weighted by atomic mass is 9.78. The summed E-state index contributed by atoms with van der Waals surface area (Å²) in [7, 11) is 2.45. The van der Waals surface area contributed by atoms with Crippen LogP contribution in [0.2, 0.25) is 0 Å². The third-order valence-corrected chi connectivity index (χ3v) is 6.04. The second-order valence-corrected chi connectivity index (χ2v) is 7.95. The second kappa shape index (κ2) is 9.52. The predicted octanol–water partition coefficient (Wildman–Crippen LogP) is 4.17. The van der Waals surface area contributed by atoms with Crippen molar-refractivity contribution in [3.63, 3.8) is 0 Å². The van der Waals surface area contributed by atoms with Crippen molar-refractivity contribution >= 4 is 28.9 Å². The van der Waals surface area contributed by atoms with Gasteiger partial charge in [0, 0.05) is 11.8 Å². The molecular weight excluding hydrogens is 438 g/mol. The summed E-state index contributed by atoms with van der Waals surface area (Å²) in [4.78, 5) is 39.6. The number of carbonyl (C=O) groups is 3. The fraction of sp³-hybridized carbons (Fsp3) is 0.269. The molecule has 176 valence electrons. The Morgan fingerprint density at radius 1 is 1.06 bits per heavy atom. The van der Waals surface area contributed by atoms with Crippen LogP contribution in [0, 0.1) is 5.41 Å². The van der Waals surface area contributed by atoms with Crippen LogP contribution in [-0.2, 0) is 35.1 Å². The first kappa shape index (κ1) is 23.3. The van der Waals surface area contributed by atoms with Crippen molar-refractivity contribution < 1.29 is 33.3 Å². The summed E-state index contributed by atoms with van der Waals surface area (Å²) < 4.78 is 23.1. The summed E-state index contributed by atoms with van der Waals surface area (Å²) in [5.74, 6) is -1.62. The van der Waals surface area contributed by atoms with E-state index in [1.807, 2.05) is 42.5 Å². The molecule has 1 aliphatic heterocycles. The van der Waals surface area contributed by atoms with Gasteiger partial charge in [-0.15, -0.1) is 6.58 Å². The number of carbonyl (C=O) groups excluding carboxylic acids is 3. The molecule has 1 saturated heterocycles. The highest BCUT2D eigenvalue weighted by molar-refractivity contribution is 6.02. The molecule has 0 N–H and O–H groups in total. The van der Waals surface area contributed by atoms with Gasteiger partial charge in [-0.1, -0.05) is 54.6 Å². The summed E-state index contributed by atoms with van der Waals surface area (Å²) in [6.07, 6.45) is -1.06. The minimum absolute atomic E-state index is 0.0378. The molecule has 8 heteroatoms. The van der Waals surface area contributed by atoms with Crippen LogP contribution in [0.15, 0.2) is 73.3 Å². The van der Waals surface area contributed by atoms with Gasteiger partial charge in [0.2, 0.25) is 0 Å². The number of methoxy groups -OCH3 is 2. The molecule has 1 fully saturated rings. The number of fused-ring (bicyclic) bond motifs is 1. The van der Waals surface area contributed by atoms with Crippen LogP contribution >= 0.6 is 0 Å². The van der Waals surface area contributed by atoms with Gasteiger partial charge in [-0.3, -0.25) is 9.59 Å². The molecule has 3 aromatic rings. The van der Waals surface area contributed by atoms with E-state index >= 15 is 0 Å². The van der Waals surface area contributed by atoms with Crippen molar-refractivity contribution in [1.29, 1.82) is 0 Å². The largest absolute Gasteiger partial charge is 0.468 e. The van der Waals surface area contributed by atoms with Gasteiger partial charge >= 0.3 is 18.0 Å². The number of rotatable bonds is 6. The molecule has 0 saturated carbocycles. The number of para-hydroxylation sites is 1. The van der Waals surface area contributed by atoms with Crippen molar-refractivity contribution in [3.8, 4) is 0 Å². The average molecular weight is 463 g/mol. The molecule has 0 radical (unpaired) electrons. The summed E-state index contributed by atoms with van der Waals surface area (Å²) in [5.41, 5.74) is -0.274. The molecule has 0 aliphatic carbocycles. The quantitative estimate of drug-likeness (QED) is 0.234. The normalized spacial score (nSPS) is 21.7. The lowest BCUT2D eigenvalue weighted by molar-refractivity contribution is -0.176. The van der Waals surface area contributed by atoms with Gasteiger partial charge in [0.05, 0.1) is 31.5 Å². The Morgan fingerprint density at radius 2 is 1.76 bits per heavy atom. The number of aromatic nitrogens is 1. The Bertz CT molecular complexity index is 1230. The molecule has 2 heterocycles. The van der Waals surface area contributed by atoms with Crippen LogP contribution in [0.1, 0.15) is 23.8 Å². The molecule has 0 spiro atoms. The summed E-state index contributed by atoms with van der Waals surface area (Å²) in [6, 6.07) is 18.0. The number of benzene rings is 2. The first-order chi connectivity index (χ1) is 16.5. The Hall–Kier alpha value is -3.91. The standard InChI is InChI=1S/C26H25NO7/c1-4-19-15-26(23(28)31-2,24(29)33-16-17-10-6-5-7-11-17)22(34-19)21-14-18-12-8-9-13-20(18)27(21)25(30)32-3/h4-14,19,22H,1,15-16H2,2-3H3/t19-,22+,26?/m0/s1. The van der Waals surface area contributed by atoms with Crippen molar-refractivity contribution in [2.75, 3.05) is 14.2 Å². The van der Waals surface area contributed by atoms with Gasteiger partial charge in [-0.25, -0.2) is 9.36 Å². The Labute approximate surface area is 196 Å². The predicted molar refractivity (Wildman–Crippen MR) is 123 cm³/mol. The van der Waals surface area contributed by atoms with E-state index in [4.69, 9.17) is 18.9 Å². The van der Waals surface area contributed by atoms with Crippen LogP contribution in [-0.4, -0.2) is 42.9 Å². The van der Waals surface area contributed by atoms with E-state index in [9.17, 15) is 14.4 Å². The van der Waals surface area contributed by atoms with Gasteiger partial charge in [0.25, 0.3) is 0 Å². The minimum atomic E-state index is -1.86. The zero-order valence-electron chi connectivity index (χ0n) is 18.9. The van der Waals surface area contributed by atoms with Gasteiger partial charge in [0.15, 0.2) is 5.41 Å². The second-order valence-electron chi connectivity index (χ2n) is 7.95. The van der Waals surface area contributed by atoms with Gasteiger partial charge in [-0.05, 0) is 17.7 Å². The Balaban J connectivity index is 1.84. The average Bonchev–Trinajstić information content (AvgIpc) is 3.46. The van der Waals surface area contributed by atoms with E-state index < -0.39 is 35.7 Å². The Kier molecular flexibility index (Phi) is 6.51. The molecule has 8 nitrogen and oxygen atoms in total. The summed E-state index contributed by atoms with van der Waals surface area (Å²) in [5, 5.41) is 0.713. The molecule has 1 unspecified atom stereocenters. The summed E-state index contributed by atoms with van der Waals surface area (Å²) in [6.45, 7) is 3.73.